The quantitative estimate of drug-likeness (QED) is 0.162. The summed E-state index contributed by atoms with van der Waals surface area (Å²) < 4.78 is 0. The minimum absolute atomic E-state index is 0.275. The number of allylic oxidation sites excluding steroid dienone is 18. The van der Waals surface area contributed by atoms with E-state index in [9.17, 15) is 0 Å². The van der Waals surface area contributed by atoms with Gasteiger partial charge in [0.15, 0.2) is 0 Å². The van der Waals surface area contributed by atoms with Gasteiger partial charge in [-0.3, -0.25) is 0 Å². The van der Waals surface area contributed by atoms with E-state index in [-0.39, 0.29) is 5.92 Å². The molecule has 0 bridgehead atoms. The second-order valence-electron chi connectivity index (χ2n) is 17.5. The molecule has 0 spiro atoms. The third-order valence-electron chi connectivity index (χ3n) is 14.5. The molecule has 0 aromatic heterocycles. The van der Waals surface area contributed by atoms with Gasteiger partial charge in [-0.05, 0) is 150 Å². The highest BCUT2D eigenvalue weighted by Gasteiger charge is 2.46. The van der Waals surface area contributed by atoms with E-state index in [1.165, 1.54) is 105 Å². The molecule has 8 aliphatic carbocycles. The first-order valence-corrected chi connectivity index (χ1v) is 21.9. The largest absolute Gasteiger partial charge is 0.361 e. The van der Waals surface area contributed by atoms with Gasteiger partial charge in [0.1, 0.15) is 0 Å². The van der Waals surface area contributed by atoms with Crippen LogP contribution >= 0.6 is 0 Å². The Kier molecular flexibility index (Phi) is 7.41. The van der Waals surface area contributed by atoms with Crippen molar-refractivity contribution in [2.75, 3.05) is 0 Å². The van der Waals surface area contributed by atoms with Crippen LogP contribution in [0.5, 0.6) is 0 Å². The summed E-state index contributed by atoms with van der Waals surface area (Å²) in [4.78, 5) is 2.75. The van der Waals surface area contributed by atoms with E-state index >= 15 is 0 Å². The zero-order valence-electron chi connectivity index (χ0n) is 33.2. The van der Waals surface area contributed by atoms with Crippen molar-refractivity contribution < 1.29 is 0 Å². The van der Waals surface area contributed by atoms with Gasteiger partial charge in [0.25, 0.3) is 0 Å². The molecule has 4 unspecified atom stereocenters. The molecule has 0 saturated heterocycles. The van der Waals surface area contributed by atoms with E-state index in [1.54, 1.807) is 0 Å². The lowest BCUT2D eigenvalue weighted by Gasteiger charge is -2.43. The number of rotatable bonds is 5. The van der Waals surface area contributed by atoms with Crippen LogP contribution in [0.2, 0.25) is 0 Å². The lowest BCUT2D eigenvalue weighted by molar-refractivity contribution is 0.234. The second kappa shape index (κ2) is 13.0. The van der Waals surface area contributed by atoms with Crippen molar-refractivity contribution >= 4 is 43.8 Å². The fraction of sp³-hybridized carbons (Fsp3) is 0.172. The highest BCUT2D eigenvalue weighted by atomic mass is 15.2. The maximum atomic E-state index is 2.75. The summed E-state index contributed by atoms with van der Waals surface area (Å²) >= 11 is 0. The monoisotopic (exact) mass is 755 g/mol. The maximum absolute atomic E-state index is 2.75. The van der Waals surface area contributed by atoms with Crippen molar-refractivity contribution in [3.05, 3.63) is 215 Å². The van der Waals surface area contributed by atoms with Gasteiger partial charge < -0.3 is 4.90 Å². The molecule has 0 saturated carbocycles. The van der Waals surface area contributed by atoms with Crippen molar-refractivity contribution in [2.24, 2.45) is 11.8 Å². The Labute approximate surface area is 347 Å². The SMILES string of the molecule is C1=CCCC(N(C2C=CC=CC2)C2C=CC3=C(C=C4c5c(c(-c6ccccc6)c6cc7c8c(cccc8c6c5-c5ccccc5)C5=C7CCC=C5)C5=CC=CC3C54)C2)=C1. The average Bonchev–Trinajstić information content (AvgIpc) is 3.80. The normalized spacial score (nSPS) is 24.0. The molecule has 5 aromatic rings. The van der Waals surface area contributed by atoms with E-state index in [2.05, 4.69) is 181 Å². The fourth-order valence-corrected chi connectivity index (χ4v) is 12.2. The maximum Gasteiger partial charge on any atom is 0.0520 e. The first-order chi connectivity index (χ1) is 29.3. The first-order valence-electron chi connectivity index (χ1n) is 21.9. The van der Waals surface area contributed by atoms with Crippen LogP contribution < -0.4 is 0 Å². The Hall–Kier alpha value is -6.44. The predicted octanol–water partition coefficient (Wildman–Crippen LogP) is 14.5. The lowest BCUT2D eigenvalue weighted by Crippen LogP contribution is -2.42. The standard InChI is InChI=1S/C58H45N/c1-5-17-36(18-6-1)52-51-35-49-44-26-14-13-25-43(44)46-28-16-29-47(54(46)49)56(51)53(37-19-7-2-8-20-37)58-50-34-38-33-41(31-32-42(38)45-27-15-30-48(55(45)50)57(52)58)59(39-21-9-3-10-22-39)40-23-11-4-12-24-40/h1-11,13,15-21,23,25,27-32,34-35,39,41,45,55H,12,14,22,24,26,33H2. The Morgan fingerprint density at radius 2 is 1.39 bits per heavy atom. The zero-order valence-corrected chi connectivity index (χ0v) is 33.2. The van der Waals surface area contributed by atoms with Crippen LogP contribution in [0.25, 0.3) is 66.1 Å². The van der Waals surface area contributed by atoms with Gasteiger partial charge in [0.05, 0.1) is 12.1 Å². The molecule has 0 fully saturated rings. The molecule has 282 valence electrons. The molecule has 5 aromatic carbocycles. The summed E-state index contributed by atoms with van der Waals surface area (Å²) in [5, 5.41) is 5.58. The zero-order chi connectivity index (χ0) is 38.6. The minimum atomic E-state index is 0.275. The second-order valence-corrected chi connectivity index (χ2v) is 17.5. The van der Waals surface area contributed by atoms with E-state index in [1.807, 2.05) is 0 Å². The van der Waals surface area contributed by atoms with Crippen molar-refractivity contribution in [1.29, 1.82) is 0 Å². The van der Waals surface area contributed by atoms with E-state index < -0.39 is 0 Å². The molecular weight excluding hydrogens is 711 g/mol. The van der Waals surface area contributed by atoms with Crippen molar-refractivity contribution in [3.63, 3.8) is 0 Å². The average molecular weight is 756 g/mol. The third kappa shape index (κ3) is 4.85. The number of nitrogens with zero attached hydrogens (tertiary/aromatic N) is 1. The Balaban J connectivity index is 1.10. The number of fused-ring (bicyclic) bond motifs is 8. The number of hydrogen-bond acceptors (Lipinski definition) is 1. The summed E-state index contributed by atoms with van der Waals surface area (Å²) in [7, 11) is 0. The molecule has 59 heavy (non-hydrogen) atoms. The highest BCUT2D eigenvalue weighted by Crippen LogP contribution is 2.63. The van der Waals surface area contributed by atoms with Crippen LogP contribution in [0.1, 0.15) is 60.8 Å². The molecule has 4 atom stereocenters. The van der Waals surface area contributed by atoms with Crippen LogP contribution in [-0.4, -0.2) is 17.0 Å². The minimum Gasteiger partial charge on any atom is -0.361 e. The predicted molar refractivity (Wildman–Crippen MR) is 249 cm³/mol. The van der Waals surface area contributed by atoms with Gasteiger partial charge in [-0.15, -0.1) is 0 Å². The summed E-state index contributed by atoms with van der Waals surface area (Å²) in [5.74, 6) is 0.574. The Morgan fingerprint density at radius 3 is 2.20 bits per heavy atom. The summed E-state index contributed by atoms with van der Waals surface area (Å²) in [6.07, 6.45) is 42.5. The van der Waals surface area contributed by atoms with Gasteiger partial charge in [-0.25, -0.2) is 0 Å². The Bertz CT molecular complexity index is 3040. The van der Waals surface area contributed by atoms with Crippen molar-refractivity contribution in [3.8, 4) is 22.3 Å². The molecule has 0 amide bonds. The van der Waals surface area contributed by atoms with E-state index in [0.29, 0.717) is 18.0 Å². The molecule has 0 heterocycles. The van der Waals surface area contributed by atoms with Gasteiger partial charge in [-0.2, -0.15) is 0 Å². The fourth-order valence-electron chi connectivity index (χ4n) is 12.2. The van der Waals surface area contributed by atoms with E-state index in [0.717, 1.165) is 38.5 Å². The number of hydrogen-bond donors (Lipinski definition) is 0. The summed E-state index contributed by atoms with van der Waals surface area (Å²) in [5.41, 5.74) is 21.5. The van der Waals surface area contributed by atoms with Crippen LogP contribution in [0, 0.1) is 11.8 Å². The van der Waals surface area contributed by atoms with Gasteiger partial charge in [-0.1, -0.05) is 164 Å². The van der Waals surface area contributed by atoms with Crippen LogP contribution in [-0.2, 0) is 0 Å². The Morgan fingerprint density at radius 1 is 0.559 bits per heavy atom. The molecule has 0 radical (unpaired) electrons. The topological polar surface area (TPSA) is 3.24 Å². The third-order valence-corrected chi connectivity index (χ3v) is 14.5. The lowest BCUT2D eigenvalue weighted by atomic mass is 9.69. The smallest absolute Gasteiger partial charge is 0.0520 e. The molecule has 1 heteroatoms. The summed E-state index contributed by atoms with van der Waals surface area (Å²) in [6, 6.07) is 33.1. The number of benzene rings is 5. The van der Waals surface area contributed by atoms with Crippen LogP contribution in [0.3, 0.4) is 0 Å². The molecule has 1 nitrogen and oxygen atoms in total. The molecule has 13 rings (SSSR count). The van der Waals surface area contributed by atoms with Crippen molar-refractivity contribution in [2.45, 2.75) is 50.6 Å². The van der Waals surface area contributed by atoms with Gasteiger partial charge in [0.2, 0.25) is 0 Å². The van der Waals surface area contributed by atoms with Gasteiger partial charge in [0, 0.05) is 17.5 Å². The molecule has 0 aliphatic heterocycles. The van der Waals surface area contributed by atoms with Gasteiger partial charge >= 0.3 is 0 Å². The molecular formula is C58H45N. The molecule has 8 aliphatic rings. The van der Waals surface area contributed by atoms with Crippen molar-refractivity contribution in [1.82, 2.24) is 4.90 Å². The molecule has 0 N–H and O–H groups in total. The van der Waals surface area contributed by atoms with Crippen LogP contribution in [0.4, 0.5) is 0 Å². The van der Waals surface area contributed by atoms with E-state index in [4.69, 9.17) is 0 Å². The summed E-state index contributed by atoms with van der Waals surface area (Å²) in [6.45, 7) is 0. The van der Waals surface area contributed by atoms with Crippen LogP contribution in [0.15, 0.2) is 193 Å². The first kappa shape index (κ1) is 33.5. The highest BCUT2D eigenvalue weighted by molar-refractivity contribution is 6.30.